The average Bonchev–Trinajstić information content (AvgIpc) is 2.56. The third-order valence-electron chi connectivity index (χ3n) is 3.74. The van der Waals surface area contributed by atoms with Crippen molar-refractivity contribution in [2.45, 2.75) is 19.3 Å². The van der Waals surface area contributed by atoms with Crippen LogP contribution in [0.5, 0.6) is 5.75 Å². The molecule has 2 amide bonds. The minimum absolute atomic E-state index is 0.258. The van der Waals surface area contributed by atoms with Crippen molar-refractivity contribution in [3.63, 3.8) is 0 Å². The number of anilines is 2. The van der Waals surface area contributed by atoms with E-state index in [2.05, 4.69) is 15.5 Å². The van der Waals surface area contributed by atoms with Crippen molar-refractivity contribution in [3.05, 3.63) is 18.2 Å². The molecule has 22 heavy (non-hydrogen) atoms. The fraction of sp³-hybridized carbons (Fsp3) is 0.562. The molecule has 0 spiro atoms. The Morgan fingerprint density at radius 3 is 2.68 bits per heavy atom. The molecule has 0 aliphatic carbocycles. The number of carbonyl (C=O) groups excluding carboxylic acids is 1. The zero-order valence-corrected chi connectivity index (χ0v) is 13.4. The molecule has 0 atom stereocenters. The highest BCUT2D eigenvalue weighted by Gasteiger charge is 2.14. The Balaban J connectivity index is 2.05. The largest absolute Gasteiger partial charge is 0.495 e. The number of amides is 2. The molecule has 122 valence electrons. The van der Waals surface area contributed by atoms with Gasteiger partial charge in [-0.3, -0.25) is 0 Å². The molecule has 1 heterocycles. The van der Waals surface area contributed by atoms with Gasteiger partial charge >= 0.3 is 6.03 Å². The third-order valence-corrected chi connectivity index (χ3v) is 3.74. The molecule has 6 nitrogen and oxygen atoms in total. The minimum atomic E-state index is -0.258. The topological polar surface area (TPSA) is 62.8 Å². The van der Waals surface area contributed by atoms with Crippen LogP contribution < -0.4 is 20.3 Å². The van der Waals surface area contributed by atoms with E-state index in [0.717, 1.165) is 18.8 Å². The van der Waals surface area contributed by atoms with E-state index >= 15 is 0 Å². The van der Waals surface area contributed by atoms with E-state index in [4.69, 9.17) is 9.47 Å². The number of rotatable bonds is 6. The van der Waals surface area contributed by atoms with Gasteiger partial charge in [0.05, 0.1) is 19.4 Å². The summed E-state index contributed by atoms with van der Waals surface area (Å²) in [7, 11) is 3.20. The predicted octanol–water partition coefficient (Wildman–Crippen LogP) is 2.45. The Labute approximate surface area is 131 Å². The van der Waals surface area contributed by atoms with Gasteiger partial charge in [0.1, 0.15) is 5.75 Å². The van der Waals surface area contributed by atoms with Crippen LogP contribution in [0.4, 0.5) is 16.2 Å². The molecule has 2 N–H and O–H groups in total. The van der Waals surface area contributed by atoms with Gasteiger partial charge in [-0.1, -0.05) is 0 Å². The minimum Gasteiger partial charge on any atom is -0.495 e. The van der Waals surface area contributed by atoms with Crippen LogP contribution in [0.1, 0.15) is 19.3 Å². The summed E-state index contributed by atoms with van der Waals surface area (Å²) >= 11 is 0. The number of hydrogen-bond donors (Lipinski definition) is 2. The number of carbonyl (C=O) groups is 1. The molecule has 0 bridgehead atoms. The van der Waals surface area contributed by atoms with Crippen LogP contribution in [0.25, 0.3) is 0 Å². The Bertz CT molecular complexity index is 488. The number of nitrogens with zero attached hydrogens (tertiary/aromatic N) is 1. The Morgan fingerprint density at radius 2 is 2.00 bits per heavy atom. The van der Waals surface area contributed by atoms with Gasteiger partial charge in [0.15, 0.2) is 0 Å². The van der Waals surface area contributed by atoms with Gasteiger partial charge in [0, 0.05) is 32.4 Å². The summed E-state index contributed by atoms with van der Waals surface area (Å²) in [5, 5.41) is 5.58. The van der Waals surface area contributed by atoms with Crippen LogP contribution >= 0.6 is 0 Å². The highest BCUT2D eigenvalue weighted by molar-refractivity contribution is 5.91. The van der Waals surface area contributed by atoms with Gasteiger partial charge in [-0.2, -0.15) is 0 Å². The van der Waals surface area contributed by atoms with Gasteiger partial charge in [0.2, 0.25) is 0 Å². The maximum atomic E-state index is 11.9. The highest BCUT2D eigenvalue weighted by atomic mass is 16.5. The lowest BCUT2D eigenvalue weighted by molar-refractivity contribution is 0.198. The van der Waals surface area contributed by atoms with E-state index in [1.807, 2.05) is 18.2 Å². The van der Waals surface area contributed by atoms with E-state index in [1.54, 1.807) is 14.2 Å². The summed E-state index contributed by atoms with van der Waals surface area (Å²) in [6.45, 7) is 3.08. The van der Waals surface area contributed by atoms with E-state index in [9.17, 15) is 4.79 Å². The molecule has 1 saturated heterocycles. The van der Waals surface area contributed by atoms with Crippen molar-refractivity contribution >= 4 is 17.4 Å². The van der Waals surface area contributed by atoms with Crippen molar-refractivity contribution in [2.75, 3.05) is 50.7 Å². The number of ether oxygens (including phenoxy) is 2. The van der Waals surface area contributed by atoms with E-state index in [1.165, 1.54) is 19.3 Å². The lowest BCUT2D eigenvalue weighted by atomic mass is 10.1. The molecule has 1 aliphatic heterocycles. The lowest BCUT2D eigenvalue weighted by Gasteiger charge is -2.29. The first-order valence-electron chi connectivity index (χ1n) is 7.71. The van der Waals surface area contributed by atoms with Crippen LogP contribution in [0.2, 0.25) is 0 Å². The van der Waals surface area contributed by atoms with E-state index < -0.39 is 0 Å². The van der Waals surface area contributed by atoms with E-state index in [0.29, 0.717) is 24.6 Å². The molecule has 0 saturated carbocycles. The second-order valence-electron chi connectivity index (χ2n) is 5.31. The first-order chi connectivity index (χ1) is 10.7. The maximum Gasteiger partial charge on any atom is 0.319 e. The quantitative estimate of drug-likeness (QED) is 0.793. The molecule has 1 aliphatic rings. The SMILES string of the molecule is COCCNC(=O)Nc1cc(N2CCCCC2)ccc1OC. The van der Waals surface area contributed by atoms with Crippen molar-refractivity contribution in [3.8, 4) is 5.75 Å². The van der Waals surface area contributed by atoms with Crippen molar-refractivity contribution in [2.24, 2.45) is 0 Å². The molecule has 1 aromatic carbocycles. The zero-order valence-electron chi connectivity index (χ0n) is 13.4. The number of hydrogen-bond acceptors (Lipinski definition) is 4. The Kier molecular flexibility index (Phi) is 6.33. The standard InChI is InChI=1S/C16H25N3O3/c1-21-11-8-17-16(20)18-14-12-13(6-7-15(14)22-2)19-9-4-3-5-10-19/h6-7,12H,3-5,8-11H2,1-2H3,(H2,17,18,20). The second-order valence-corrected chi connectivity index (χ2v) is 5.31. The van der Waals surface area contributed by atoms with Crippen molar-refractivity contribution < 1.29 is 14.3 Å². The fourth-order valence-corrected chi connectivity index (χ4v) is 2.58. The summed E-state index contributed by atoms with van der Waals surface area (Å²) in [5.74, 6) is 0.655. The van der Waals surface area contributed by atoms with Crippen molar-refractivity contribution in [1.82, 2.24) is 5.32 Å². The van der Waals surface area contributed by atoms with Crippen LogP contribution in [-0.4, -0.2) is 46.5 Å². The Hall–Kier alpha value is -1.95. The summed E-state index contributed by atoms with van der Waals surface area (Å²) in [6, 6.07) is 5.65. The molecular weight excluding hydrogens is 282 g/mol. The lowest BCUT2D eigenvalue weighted by Crippen LogP contribution is -2.32. The first-order valence-corrected chi connectivity index (χ1v) is 7.71. The summed E-state index contributed by atoms with van der Waals surface area (Å²) in [5.41, 5.74) is 1.80. The highest BCUT2D eigenvalue weighted by Crippen LogP contribution is 2.30. The molecular formula is C16H25N3O3. The van der Waals surface area contributed by atoms with Gasteiger partial charge in [-0.15, -0.1) is 0 Å². The van der Waals surface area contributed by atoms with Crippen LogP contribution in [-0.2, 0) is 4.74 Å². The number of benzene rings is 1. The normalized spacial score (nSPS) is 14.5. The first kappa shape index (κ1) is 16.4. The van der Waals surface area contributed by atoms with Crippen molar-refractivity contribution in [1.29, 1.82) is 0 Å². The summed E-state index contributed by atoms with van der Waals surface area (Å²) in [4.78, 5) is 14.2. The van der Waals surface area contributed by atoms with Gasteiger partial charge in [-0.25, -0.2) is 4.79 Å². The average molecular weight is 307 g/mol. The Morgan fingerprint density at radius 1 is 1.23 bits per heavy atom. The predicted molar refractivity (Wildman–Crippen MR) is 88.0 cm³/mol. The van der Waals surface area contributed by atoms with Crippen LogP contribution in [0.3, 0.4) is 0 Å². The van der Waals surface area contributed by atoms with E-state index in [-0.39, 0.29) is 6.03 Å². The third kappa shape index (κ3) is 4.53. The number of nitrogens with one attached hydrogen (secondary N) is 2. The monoisotopic (exact) mass is 307 g/mol. The van der Waals surface area contributed by atoms with Crippen LogP contribution in [0.15, 0.2) is 18.2 Å². The van der Waals surface area contributed by atoms with Crippen LogP contribution in [0, 0.1) is 0 Å². The van der Waals surface area contributed by atoms with Gasteiger partial charge in [0.25, 0.3) is 0 Å². The molecule has 0 aromatic heterocycles. The summed E-state index contributed by atoms with van der Waals surface area (Å²) < 4.78 is 10.2. The number of methoxy groups -OCH3 is 2. The molecule has 6 heteroatoms. The molecule has 0 unspecified atom stereocenters. The number of piperidine rings is 1. The molecule has 1 fully saturated rings. The maximum absolute atomic E-state index is 11.9. The van der Waals surface area contributed by atoms with Gasteiger partial charge < -0.3 is 25.0 Å². The molecule has 0 radical (unpaired) electrons. The molecule has 2 rings (SSSR count). The zero-order chi connectivity index (χ0) is 15.8. The molecule has 1 aromatic rings. The fourth-order valence-electron chi connectivity index (χ4n) is 2.58. The summed E-state index contributed by atoms with van der Waals surface area (Å²) in [6.07, 6.45) is 3.72. The number of urea groups is 1. The second kappa shape index (κ2) is 8.48. The smallest absolute Gasteiger partial charge is 0.319 e. The van der Waals surface area contributed by atoms with Gasteiger partial charge in [-0.05, 0) is 37.5 Å².